The molecular weight excluding hydrogens is 518 g/mol. The van der Waals surface area contributed by atoms with Crippen molar-refractivity contribution in [3.8, 4) is 40.1 Å². The van der Waals surface area contributed by atoms with Crippen molar-refractivity contribution in [2.45, 2.75) is 39.5 Å². The maximum Gasteiger partial charge on any atom is 0.162 e. The summed E-state index contributed by atoms with van der Waals surface area (Å²) < 4.78 is 15.5. The predicted octanol–water partition coefficient (Wildman–Crippen LogP) is 10.6. The molecule has 0 radical (unpaired) electrons. The van der Waals surface area contributed by atoms with Gasteiger partial charge in [-0.25, -0.2) is 4.98 Å². The van der Waals surface area contributed by atoms with E-state index in [-0.39, 0.29) is 0 Å². The number of imidazole rings is 1. The normalized spacial score (nSPS) is 13.0. The lowest BCUT2D eigenvalue weighted by atomic mass is 9.92. The smallest absolute Gasteiger partial charge is 0.162 e. The SMILES string of the molecule is CC(C)c1cccc(C(C)C)c1-n1c(-c2cccc3c2Oc2cccc4c2N3c2ccccc2O4)nc2ccccc21. The average molecular weight is 550 g/mol. The minimum atomic E-state index is 0.337. The van der Waals surface area contributed by atoms with Gasteiger partial charge in [0.05, 0.1) is 33.7 Å². The van der Waals surface area contributed by atoms with Crippen LogP contribution in [0.4, 0.5) is 17.1 Å². The number of ether oxygens (including phenoxy) is 2. The third kappa shape index (κ3) is 3.53. The zero-order valence-corrected chi connectivity index (χ0v) is 24.1. The number of aromatic nitrogens is 2. The van der Waals surface area contributed by atoms with Crippen LogP contribution in [-0.4, -0.2) is 9.55 Å². The van der Waals surface area contributed by atoms with Gasteiger partial charge in [-0.15, -0.1) is 0 Å². The van der Waals surface area contributed by atoms with E-state index in [9.17, 15) is 0 Å². The van der Waals surface area contributed by atoms with E-state index in [2.05, 4.69) is 104 Å². The van der Waals surface area contributed by atoms with E-state index in [1.165, 1.54) is 16.8 Å². The number of hydrogen-bond acceptors (Lipinski definition) is 4. The van der Waals surface area contributed by atoms with E-state index in [4.69, 9.17) is 14.5 Å². The molecule has 0 spiro atoms. The molecule has 5 nitrogen and oxygen atoms in total. The Kier molecular flexibility index (Phi) is 5.45. The van der Waals surface area contributed by atoms with Crippen molar-refractivity contribution in [1.82, 2.24) is 9.55 Å². The Hall–Kier alpha value is -5.03. The molecule has 0 N–H and O–H groups in total. The van der Waals surface area contributed by atoms with E-state index in [1.807, 2.05) is 36.4 Å². The minimum absolute atomic E-state index is 0.337. The van der Waals surface area contributed by atoms with Gasteiger partial charge >= 0.3 is 0 Å². The van der Waals surface area contributed by atoms with Crippen LogP contribution in [0.2, 0.25) is 0 Å². The van der Waals surface area contributed by atoms with Crippen LogP contribution >= 0.6 is 0 Å². The largest absolute Gasteiger partial charge is 0.453 e. The van der Waals surface area contributed by atoms with Crippen molar-refractivity contribution in [3.05, 3.63) is 114 Å². The molecule has 0 bridgehead atoms. The van der Waals surface area contributed by atoms with E-state index >= 15 is 0 Å². The van der Waals surface area contributed by atoms with Crippen LogP contribution in [-0.2, 0) is 0 Å². The van der Waals surface area contributed by atoms with Crippen LogP contribution < -0.4 is 14.4 Å². The molecule has 206 valence electrons. The van der Waals surface area contributed by atoms with Crippen molar-refractivity contribution >= 4 is 28.1 Å². The van der Waals surface area contributed by atoms with Crippen LogP contribution in [0.1, 0.15) is 50.7 Å². The second kappa shape index (κ2) is 9.25. The number of nitrogens with zero attached hydrogens (tertiary/aromatic N) is 3. The van der Waals surface area contributed by atoms with Gasteiger partial charge in [0.25, 0.3) is 0 Å². The van der Waals surface area contributed by atoms with Crippen LogP contribution in [0.25, 0.3) is 28.1 Å². The molecule has 0 aliphatic carbocycles. The van der Waals surface area contributed by atoms with E-state index in [1.54, 1.807) is 0 Å². The highest BCUT2D eigenvalue weighted by Crippen LogP contribution is 2.61. The number of hydrogen-bond donors (Lipinski definition) is 0. The van der Waals surface area contributed by atoms with E-state index < -0.39 is 0 Å². The van der Waals surface area contributed by atoms with Gasteiger partial charge in [-0.1, -0.05) is 82.3 Å². The van der Waals surface area contributed by atoms with Crippen LogP contribution in [0.3, 0.4) is 0 Å². The van der Waals surface area contributed by atoms with Gasteiger partial charge in [0.1, 0.15) is 11.5 Å². The van der Waals surface area contributed by atoms with Crippen molar-refractivity contribution in [3.63, 3.8) is 0 Å². The molecule has 0 unspecified atom stereocenters. The van der Waals surface area contributed by atoms with Crippen molar-refractivity contribution in [2.75, 3.05) is 4.90 Å². The molecule has 42 heavy (non-hydrogen) atoms. The Morgan fingerprint density at radius 1 is 0.571 bits per heavy atom. The maximum atomic E-state index is 6.79. The molecule has 8 rings (SSSR count). The average Bonchev–Trinajstić information content (AvgIpc) is 3.39. The fourth-order valence-corrected chi connectivity index (χ4v) is 6.40. The minimum Gasteiger partial charge on any atom is -0.453 e. The van der Waals surface area contributed by atoms with Crippen molar-refractivity contribution < 1.29 is 9.47 Å². The molecule has 2 aliphatic heterocycles. The third-order valence-corrected chi connectivity index (χ3v) is 8.33. The quantitative estimate of drug-likeness (QED) is 0.219. The first-order valence-electron chi connectivity index (χ1n) is 14.6. The predicted molar refractivity (Wildman–Crippen MR) is 170 cm³/mol. The van der Waals surface area contributed by atoms with Gasteiger partial charge in [0.2, 0.25) is 0 Å². The first-order valence-corrected chi connectivity index (χ1v) is 14.6. The van der Waals surface area contributed by atoms with E-state index in [0.29, 0.717) is 11.8 Å². The van der Waals surface area contributed by atoms with Crippen LogP contribution in [0.5, 0.6) is 23.0 Å². The standard InChI is InChI=1S/C37H31N3O2/c1-22(2)24-12-9-13-25(23(3)4)34(24)40-28-16-6-5-15-27(28)38-37(40)26-14-10-18-30-36(26)42-33-21-11-20-32-35(33)39(30)29-17-7-8-19-31(29)41-32/h5-23H,1-4H3. The summed E-state index contributed by atoms with van der Waals surface area (Å²) in [7, 11) is 0. The number of benzene rings is 5. The summed E-state index contributed by atoms with van der Waals surface area (Å²) in [5.74, 6) is 4.68. The van der Waals surface area contributed by atoms with E-state index in [0.717, 1.165) is 62.5 Å². The lowest BCUT2D eigenvalue weighted by molar-refractivity contribution is 0.446. The van der Waals surface area contributed by atoms with Gasteiger partial charge in [-0.3, -0.25) is 9.47 Å². The summed E-state index contributed by atoms with van der Waals surface area (Å²) in [5.41, 5.74) is 9.64. The molecule has 1 aromatic heterocycles. The van der Waals surface area contributed by atoms with Gasteiger partial charge in [-0.2, -0.15) is 0 Å². The molecule has 5 aromatic carbocycles. The molecule has 0 atom stereocenters. The first-order chi connectivity index (χ1) is 20.5. The Morgan fingerprint density at radius 3 is 1.98 bits per heavy atom. The summed E-state index contributed by atoms with van der Waals surface area (Å²) in [6.45, 7) is 9.05. The third-order valence-electron chi connectivity index (χ3n) is 8.33. The van der Waals surface area contributed by atoms with Gasteiger partial charge < -0.3 is 9.47 Å². The molecule has 0 saturated heterocycles. The van der Waals surface area contributed by atoms with Gasteiger partial charge in [0, 0.05) is 0 Å². The monoisotopic (exact) mass is 549 g/mol. The molecule has 0 saturated carbocycles. The summed E-state index contributed by atoms with van der Waals surface area (Å²) >= 11 is 0. The summed E-state index contributed by atoms with van der Waals surface area (Å²) in [4.78, 5) is 7.56. The van der Waals surface area contributed by atoms with Crippen LogP contribution in [0.15, 0.2) is 103 Å². The Morgan fingerprint density at radius 2 is 1.19 bits per heavy atom. The van der Waals surface area contributed by atoms with Crippen LogP contribution in [0, 0.1) is 0 Å². The molecule has 3 heterocycles. The number of anilines is 3. The molecule has 5 heteroatoms. The second-order valence-corrected chi connectivity index (χ2v) is 11.6. The fraction of sp³-hybridized carbons (Fsp3) is 0.162. The zero-order chi connectivity index (χ0) is 28.5. The number of para-hydroxylation sites is 7. The molecular formula is C37H31N3O2. The fourth-order valence-electron chi connectivity index (χ4n) is 6.40. The zero-order valence-electron chi connectivity index (χ0n) is 24.1. The maximum absolute atomic E-state index is 6.79. The van der Waals surface area contributed by atoms with Gasteiger partial charge in [-0.05, 0) is 71.5 Å². The Bertz CT molecular complexity index is 1990. The van der Waals surface area contributed by atoms with Crippen molar-refractivity contribution in [1.29, 1.82) is 0 Å². The summed E-state index contributed by atoms with van der Waals surface area (Å²) in [5, 5.41) is 0. The number of rotatable bonds is 4. The molecule has 0 amide bonds. The lowest BCUT2D eigenvalue weighted by Crippen LogP contribution is -2.20. The highest BCUT2D eigenvalue weighted by molar-refractivity contribution is 5.97. The van der Waals surface area contributed by atoms with Gasteiger partial charge in [0.15, 0.2) is 23.0 Å². The topological polar surface area (TPSA) is 39.5 Å². The lowest BCUT2D eigenvalue weighted by Gasteiger charge is -2.38. The molecule has 2 aliphatic rings. The molecule has 6 aromatic rings. The second-order valence-electron chi connectivity index (χ2n) is 11.6. The molecule has 0 fully saturated rings. The summed E-state index contributed by atoms with van der Waals surface area (Å²) in [6, 6.07) is 35.6. The Balaban J connectivity index is 1.44. The highest BCUT2D eigenvalue weighted by Gasteiger charge is 2.36. The van der Waals surface area contributed by atoms with Crippen molar-refractivity contribution in [2.24, 2.45) is 0 Å². The Labute approximate surface area is 245 Å². The highest BCUT2D eigenvalue weighted by atomic mass is 16.5. The first kappa shape index (κ1) is 24.7. The number of fused-ring (bicyclic) bond motifs is 5. The summed E-state index contributed by atoms with van der Waals surface area (Å²) in [6.07, 6.45) is 0.